The lowest BCUT2D eigenvalue weighted by molar-refractivity contribution is 0.103. The number of rotatable bonds is 9. The summed E-state index contributed by atoms with van der Waals surface area (Å²) in [5.41, 5.74) is 1.80. The quantitative estimate of drug-likeness (QED) is 0.200. The van der Waals surface area contributed by atoms with Crippen LogP contribution in [0.15, 0.2) is 75.0 Å². The Morgan fingerprint density at radius 1 is 1.00 bits per heavy atom. The Morgan fingerprint density at radius 2 is 1.72 bits per heavy atom. The summed E-state index contributed by atoms with van der Waals surface area (Å²) in [6.07, 6.45) is 2.03. The first-order valence-corrected chi connectivity index (χ1v) is 12.5. The standard InChI is InChI=1S/C28H26BrN3O4/c1-4-26-31-23-13-12-20(29)15-21(23)28(34)32(26)30-17-19-14-22(27(33)18-10-8-7-9-11-18)25(36-6-3)16-24(19)35-5-2/h7-17H,4-6H2,1-3H3. The second-order valence-corrected chi connectivity index (χ2v) is 8.77. The molecule has 0 N–H and O–H groups in total. The predicted octanol–water partition coefficient (Wildman–Crippen LogP) is 5.63. The van der Waals surface area contributed by atoms with E-state index in [4.69, 9.17) is 9.47 Å². The third-order valence-electron chi connectivity index (χ3n) is 5.50. The van der Waals surface area contributed by atoms with Crippen LogP contribution < -0.4 is 15.0 Å². The van der Waals surface area contributed by atoms with Gasteiger partial charge in [0.2, 0.25) is 0 Å². The van der Waals surface area contributed by atoms with Crippen LogP contribution in [0.3, 0.4) is 0 Å². The zero-order valence-electron chi connectivity index (χ0n) is 20.3. The van der Waals surface area contributed by atoms with Crippen molar-refractivity contribution in [1.82, 2.24) is 9.66 Å². The molecule has 0 bridgehead atoms. The molecule has 0 fully saturated rings. The van der Waals surface area contributed by atoms with E-state index in [1.54, 1.807) is 36.4 Å². The van der Waals surface area contributed by atoms with Crippen LogP contribution in [0, 0.1) is 0 Å². The highest BCUT2D eigenvalue weighted by Crippen LogP contribution is 2.31. The number of halogens is 1. The van der Waals surface area contributed by atoms with Crippen molar-refractivity contribution in [3.63, 3.8) is 0 Å². The van der Waals surface area contributed by atoms with Crippen molar-refractivity contribution in [2.24, 2.45) is 5.10 Å². The van der Waals surface area contributed by atoms with E-state index in [-0.39, 0.29) is 11.3 Å². The average molecular weight is 548 g/mol. The Balaban J connectivity index is 1.86. The molecule has 3 aromatic carbocycles. The summed E-state index contributed by atoms with van der Waals surface area (Å²) >= 11 is 3.41. The maximum absolute atomic E-state index is 13.3. The van der Waals surface area contributed by atoms with Gasteiger partial charge in [-0.3, -0.25) is 9.59 Å². The van der Waals surface area contributed by atoms with Gasteiger partial charge in [0.05, 0.1) is 35.9 Å². The molecule has 0 atom stereocenters. The molecule has 184 valence electrons. The van der Waals surface area contributed by atoms with Crippen LogP contribution in [0.4, 0.5) is 0 Å². The van der Waals surface area contributed by atoms with Gasteiger partial charge < -0.3 is 9.47 Å². The van der Waals surface area contributed by atoms with Crippen LogP contribution in [0.1, 0.15) is 48.1 Å². The molecule has 0 aliphatic heterocycles. The lowest BCUT2D eigenvalue weighted by Crippen LogP contribution is -2.22. The highest BCUT2D eigenvalue weighted by Gasteiger charge is 2.19. The van der Waals surface area contributed by atoms with Crippen molar-refractivity contribution in [2.75, 3.05) is 13.2 Å². The Kier molecular flexibility index (Phi) is 7.95. The van der Waals surface area contributed by atoms with Crippen molar-refractivity contribution in [3.05, 3.63) is 98.0 Å². The van der Waals surface area contributed by atoms with Gasteiger partial charge in [-0.05, 0) is 38.1 Å². The fourth-order valence-electron chi connectivity index (χ4n) is 3.82. The molecular formula is C28H26BrN3O4. The number of ketones is 1. The average Bonchev–Trinajstić information content (AvgIpc) is 2.89. The van der Waals surface area contributed by atoms with Gasteiger partial charge in [-0.1, -0.05) is 53.2 Å². The number of aromatic nitrogens is 2. The molecule has 4 aromatic rings. The number of fused-ring (bicyclic) bond motifs is 1. The smallest absolute Gasteiger partial charge is 0.282 e. The number of benzene rings is 3. The van der Waals surface area contributed by atoms with Crippen molar-refractivity contribution < 1.29 is 14.3 Å². The first kappa shape index (κ1) is 25.3. The number of hydrogen-bond donors (Lipinski definition) is 0. The molecule has 0 amide bonds. The fourth-order valence-corrected chi connectivity index (χ4v) is 4.18. The van der Waals surface area contributed by atoms with Crippen molar-refractivity contribution in [1.29, 1.82) is 0 Å². The molecule has 1 aromatic heterocycles. The lowest BCUT2D eigenvalue weighted by atomic mass is 10.00. The maximum Gasteiger partial charge on any atom is 0.282 e. The molecule has 0 radical (unpaired) electrons. The van der Waals surface area contributed by atoms with Crippen molar-refractivity contribution >= 4 is 38.8 Å². The molecule has 0 aliphatic rings. The van der Waals surface area contributed by atoms with Crippen LogP contribution in [0.5, 0.6) is 11.5 Å². The Hall–Kier alpha value is -3.78. The minimum absolute atomic E-state index is 0.180. The lowest BCUT2D eigenvalue weighted by Gasteiger charge is -2.15. The number of carbonyl (C=O) groups excluding carboxylic acids is 1. The third-order valence-corrected chi connectivity index (χ3v) is 5.99. The normalized spacial score (nSPS) is 11.2. The Bertz CT molecular complexity index is 1500. The minimum Gasteiger partial charge on any atom is -0.493 e. The molecule has 0 unspecified atom stereocenters. The Labute approximate surface area is 217 Å². The summed E-state index contributed by atoms with van der Waals surface area (Å²) in [7, 11) is 0. The van der Waals surface area contributed by atoms with E-state index in [0.29, 0.717) is 64.6 Å². The summed E-state index contributed by atoms with van der Waals surface area (Å²) in [6, 6.07) is 17.8. The van der Waals surface area contributed by atoms with Gasteiger partial charge in [-0.25, -0.2) is 4.98 Å². The summed E-state index contributed by atoms with van der Waals surface area (Å²) in [5, 5.41) is 4.94. The van der Waals surface area contributed by atoms with E-state index in [9.17, 15) is 9.59 Å². The summed E-state index contributed by atoms with van der Waals surface area (Å²) in [5.74, 6) is 1.27. The third kappa shape index (κ3) is 5.23. The number of hydrogen-bond acceptors (Lipinski definition) is 6. The SMILES string of the molecule is CCOc1cc(OCC)c(C(=O)c2ccccc2)cc1C=Nn1c(CC)nc2ccc(Br)cc2c1=O. The van der Waals surface area contributed by atoms with E-state index in [0.717, 1.165) is 4.47 Å². The number of nitrogens with zero attached hydrogens (tertiary/aromatic N) is 3. The van der Waals surface area contributed by atoms with Crippen LogP contribution in [0.25, 0.3) is 10.9 Å². The van der Waals surface area contributed by atoms with E-state index in [1.165, 1.54) is 10.9 Å². The van der Waals surface area contributed by atoms with Crippen LogP contribution in [0.2, 0.25) is 0 Å². The molecule has 0 saturated carbocycles. The molecule has 0 aliphatic carbocycles. The molecule has 1 heterocycles. The van der Waals surface area contributed by atoms with Gasteiger partial charge in [0.1, 0.15) is 17.3 Å². The molecule has 0 spiro atoms. The van der Waals surface area contributed by atoms with Crippen molar-refractivity contribution in [3.8, 4) is 11.5 Å². The minimum atomic E-state index is -0.279. The van der Waals surface area contributed by atoms with Crippen LogP contribution >= 0.6 is 15.9 Å². The van der Waals surface area contributed by atoms with Crippen LogP contribution in [-0.2, 0) is 6.42 Å². The number of carbonyl (C=O) groups is 1. The molecule has 36 heavy (non-hydrogen) atoms. The zero-order chi connectivity index (χ0) is 25.7. The van der Waals surface area contributed by atoms with Crippen LogP contribution in [-0.4, -0.2) is 34.9 Å². The molecular weight excluding hydrogens is 522 g/mol. The number of ether oxygens (including phenoxy) is 2. The van der Waals surface area contributed by atoms with E-state index >= 15 is 0 Å². The van der Waals surface area contributed by atoms with Crippen molar-refractivity contribution in [2.45, 2.75) is 27.2 Å². The first-order chi connectivity index (χ1) is 17.5. The van der Waals surface area contributed by atoms with E-state index < -0.39 is 0 Å². The molecule has 8 heteroatoms. The van der Waals surface area contributed by atoms with Gasteiger partial charge in [0, 0.05) is 28.1 Å². The summed E-state index contributed by atoms with van der Waals surface area (Å²) < 4.78 is 13.7. The topological polar surface area (TPSA) is 82.8 Å². The first-order valence-electron chi connectivity index (χ1n) is 11.8. The highest BCUT2D eigenvalue weighted by atomic mass is 79.9. The predicted molar refractivity (Wildman–Crippen MR) is 145 cm³/mol. The second-order valence-electron chi connectivity index (χ2n) is 7.85. The Morgan fingerprint density at radius 3 is 2.42 bits per heavy atom. The molecule has 7 nitrogen and oxygen atoms in total. The van der Waals surface area contributed by atoms with Gasteiger partial charge in [0.25, 0.3) is 5.56 Å². The zero-order valence-corrected chi connectivity index (χ0v) is 21.9. The fraction of sp³-hybridized carbons (Fsp3) is 0.214. The summed E-state index contributed by atoms with van der Waals surface area (Å²) in [4.78, 5) is 31.2. The van der Waals surface area contributed by atoms with E-state index in [2.05, 4.69) is 26.0 Å². The number of aryl methyl sites for hydroxylation is 1. The largest absolute Gasteiger partial charge is 0.493 e. The van der Waals surface area contributed by atoms with Gasteiger partial charge in [-0.15, -0.1) is 0 Å². The molecule has 0 saturated heterocycles. The monoisotopic (exact) mass is 547 g/mol. The molecule has 4 rings (SSSR count). The van der Waals surface area contributed by atoms with Gasteiger partial charge >= 0.3 is 0 Å². The maximum atomic E-state index is 13.3. The second kappa shape index (κ2) is 11.3. The van der Waals surface area contributed by atoms with Gasteiger partial charge in [-0.2, -0.15) is 9.78 Å². The summed E-state index contributed by atoms with van der Waals surface area (Å²) in [6.45, 7) is 6.44. The van der Waals surface area contributed by atoms with E-state index in [1.807, 2.05) is 45.0 Å². The highest BCUT2D eigenvalue weighted by molar-refractivity contribution is 9.10. The van der Waals surface area contributed by atoms with Gasteiger partial charge in [0.15, 0.2) is 5.78 Å².